The summed E-state index contributed by atoms with van der Waals surface area (Å²) in [6.07, 6.45) is 0. The Kier molecular flexibility index (Phi) is 5.09. The molecule has 0 fully saturated rings. The van der Waals surface area contributed by atoms with Gasteiger partial charge in [0, 0.05) is 18.8 Å². The standard InChI is InChI=1S/C15H21N3OS/c1-4-19-13-7-5-12(6-8-13)14(16)10-20-15-9-11(2)17-18(15)3/h5-9,14H,4,10,16H2,1-3H3. The summed E-state index contributed by atoms with van der Waals surface area (Å²) in [4.78, 5) is 0. The molecule has 2 rings (SSSR count). The SMILES string of the molecule is CCOc1ccc(C(N)CSc2cc(C)nn2C)cc1. The van der Waals surface area contributed by atoms with E-state index in [1.165, 1.54) is 0 Å². The summed E-state index contributed by atoms with van der Waals surface area (Å²) in [7, 11) is 1.96. The van der Waals surface area contributed by atoms with Crippen LogP contribution in [0.25, 0.3) is 0 Å². The first-order valence-electron chi connectivity index (χ1n) is 6.72. The molecule has 1 unspecified atom stereocenters. The maximum atomic E-state index is 6.23. The van der Waals surface area contributed by atoms with Gasteiger partial charge in [0.25, 0.3) is 0 Å². The zero-order chi connectivity index (χ0) is 14.5. The lowest BCUT2D eigenvalue weighted by Gasteiger charge is -2.12. The van der Waals surface area contributed by atoms with E-state index in [4.69, 9.17) is 10.5 Å². The van der Waals surface area contributed by atoms with E-state index in [1.54, 1.807) is 11.8 Å². The van der Waals surface area contributed by atoms with Crippen molar-refractivity contribution in [3.05, 3.63) is 41.6 Å². The van der Waals surface area contributed by atoms with E-state index in [1.807, 2.05) is 49.8 Å². The molecule has 2 N–H and O–H groups in total. The van der Waals surface area contributed by atoms with Gasteiger partial charge in [0.05, 0.1) is 17.3 Å². The van der Waals surface area contributed by atoms with Crippen molar-refractivity contribution in [2.75, 3.05) is 12.4 Å². The summed E-state index contributed by atoms with van der Waals surface area (Å²) in [5.74, 6) is 1.71. The zero-order valence-corrected chi connectivity index (χ0v) is 13.0. The van der Waals surface area contributed by atoms with Gasteiger partial charge in [0.15, 0.2) is 0 Å². The minimum atomic E-state index is 0.00545. The van der Waals surface area contributed by atoms with Crippen LogP contribution in [0.15, 0.2) is 35.4 Å². The molecule has 0 amide bonds. The summed E-state index contributed by atoms with van der Waals surface area (Å²) in [6.45, 7) is 4.66. The second-order valence-corrected chi connectivity index (χ2v) is 5.71. The van der Waals surface area contributed by atoms with Crippen LogP contribution in [-0.4, -0.2) is 22.1 Å². The zero-order valence-electron chi connectivity index (χ0n) is 12.2. The van der Waals surface area contributed by atoms with Crippen molar-refractivity contribution < 1.29 is 4.74 Å². The van der Waals surface area contributed by atoms with Crippen LogP contribution in [0.5, 0.6) is 5.75 Å². The van der Waals surface area contributed by atoms with Crippen LogP contribution in [0.4, 0.5) is 0 Å². The minimum absolute atomic E-state index is 0.00545. The molecule has 4 nitrogen and oxygen atoms in total. The molecule has 0 aliphatic heterocycles. The normalized spacial score (nSPS) is 12.4. The fourth-order valence-corrected chi connectivity index (χ4v) is 3.00. The first kappa shape index (κ1) is 14.9. The Balaban J connectivity index is 1.94. The Morgan fingerprint density at radius 1 is 1.35 bits per heavy atom. The molecule has 5 heteroatoms. The van der Waals surface area contributed by atoms with Crippen LogP contribution in [0.1, 0.15) is 24.2 Å². The van der Waals surface area contributed by atoms with E-state index in [0.717, 1.165) is 27.8 Å². The maximum Gasteiger partial charge on any atom is 0.119 e. The van der Waals surface area contributed by atoms with E-state index in [9.17, 15) is 0 Å². The quantitative estimate of drug-likeness (QED) is 0.831. The highest BCUT2D eigenvalue weighted by molar-refractivity contribution is 7.99. The average molecular weight is 291 g/mol. The van der Waals surface area contributed by atoms with Crippen molar-refractivity contribution in [1.29, 1.82) is 0 Å². The molecule has 1 aromatic carbocycles. The van der Waals surface area contributed by atoms with Gasteiger partial charge in [-0.3, -0.25) is 4.68 Å². The number of aryl methyl sites for hydroxylation is 2. The second kappa shape index (κ2) is 6.81. The van der Waals surface area contributed by atoms with Gasteiger partial charge in [-0.15, -0.1) is 11.8 Å². The molecule has 1 heterocycles. The predicted octanol–water partition coefficient (Wildman–Crippen LogP) is 2.92. The van der Waals surface area contributed by atoms with Crippen molar-refractivity contribution in [2.24, 2.45) is 12.8 Å². The molecule has 108 valence electrons. The summed E-state index contributed by atoms with van der Waals surface area (Å²) in [6, 6.07) is 10.1. The van der Waals surface area contributed by atoms with E-state index in [-0.39, 0.29) is 6.04 Å². The summed E-state index contributed by atoms with van der Waals surface area (Å²) >= 11 is 1.73. The molecular formula is C15H21N3OS. The third kappa shape index (κ3) is 3.77. The van der Waals surface area contributed by atoms with Gasteiger partial charge in [-0.05, 0) is 37.6 Å². The highest BCUT2D eigenvalue weighted by atomic mass is 32.2. The fraction of sp³-hybridized carbons (Fsp3) is 0.400. The van der Waals surface area contributed by atoms with Crippen molar-refractivity contribution >= 4 is 11.8 Å². The van der Waals surface area contributed by atoms with Gasteiger partial charge < -0.3 is 10.5 Å². The summed E-state index contributed by atoms with van der Waals surface area (Å²) in [5.41, 5.74) is 8.39. The smallest absolute Gasteiger partial charge is 0.119 e. The third-order valence-electron chi connectivity index (χ3n) is 2.99. The van der Waals surface area contributed by atoms with E-state index in [0.29, 0.717) is 6.61 Å². The number of benzene rings is 1. The van der Waals surface area contributed by atoms with Gasteiger partial charge >= 0.3 is 0 Å². The number of nitrogens with zero attached hydrogens (tertiary/aromatic N) is 2. The molecule has 1 aromatic heterocycles. The summed E-state index contributed by atoms with van der Waals surface area (Å²) in [5, 5.41) is 5.47. The molecule has 0 bridgehead atoms. The number of hydrogen-bond donors (Lipinski definition) is 1. The first-order valence-corrected chi connectivity index (χ1v) is 7.70. The van der Waals surface area contributed by atoms with Crippen LogP contribution >= 0.6 is 11.8 Å². The maximum absolute atomic E-state index is 6.23. The molecule has 0 aliphatic rings. The van der Waals surface area contributed by atoms with Crippen molar-refractivity contribution in [2.45, 2.75) is 24.9 Å². The van der Waals surface area contributed by atoms with Gasteiger partial charge in [0.2, 0.25) is 0 Å². The molecule has 0 spiro atoms. The molecule has 2 aromatic rings. The lowest BCUT2D eigenvalue weighted by molar-refractivity contribution is 0.340. The molecule has 0 radical (unpaired) electrons. The Morgan fingerprint density at radius 3 is 2.60 bits per heavy atom. The molecule has 0 saturated carbocycles. The molecule has 0 saturated heterocycles. The van der Waals surface area contributed by atoms with E-state index in [2.05, 4.69) is 11.2 Å². The van der Waals surface area contributed by atoms with Gasteiger partial charge in [0.1, 0.15) is 5.75 Å². The first-order chi connectivity index (χ1) is 9.60. The Morgan fingerprint density at radius 2 is 2.05 bits per heavy atom. The van der Waals surface area contributed by atoms with Crippen LogP contribution in [-0.2, 0) is 7.05 Å². The summed E-state index contributed by atoms with van der Waals surface area (Å²) < 4.78 is 7.32. The average Bonchev–Trinajstić information content (AvgIpc) is 2.75. The molecule has 0 aliphatic carbocycles. The van der Waals surface area contributed by atoms with Crippen LogP contribution in [0.2, 0.25) is 0 Å². The number of hydrogen-bond acceptors (Lipinski definition) is 4. The fourth-order valence-electron chi connectivity index (χ4n) is 1.97. The lowest BCUT2D eigenvalue weighted by Crippen LogP contribution is -2.13. The second-order valence-electron chi connectivity index (χ2n) is 4.67. The Hall–Kier alpha value is -1.46. The van der Waals surface area contributed by atoms with E-state index >= 15 is 0 Å². The topological polar surface area (TPSA) is 53.1 Å². The van der Waals surface area contributed by atoms with Gasteiger partial charge in [-0.25, -0.2) is 0 Å². The predicted molar refractivity (Wildman–Crippen MR) is 83.2 cm³/mol. The molecular weight excluding hydrogens is 270 g/mol. The monoisotopic (exact) mass is 291 g/mol. The molecule has 1 atom stereocenters. The van der Waals surface area contributed by atoms with Crippen LogP contribution < -0.4 is 10.5 Å². The number of ether oxygens (including phenoxy) is 1. The van der Waals surface area contributed by atoms with Crippen LogP contribution in [0, 0.1) is 6.92 Å². The van der Waals surface area contributed by atoms with E-state index < -0.39 is 0 Å². The number of rotatable bonds is 6. The number of nitrogens with two attached hydrogens (primary N) is 1. The highest BCUT2D eigenvalue weighted by Crippen LogP contribution is 2.24. The minimum Gasteiger partial charge on any atom is -0.494 e. The lowest BCUT2D eigenvalue weighted by atomic mass is 10.1. The highest BCUT2D eigenvalue weighted by Gasteiger charge is 2.09. The third-order valence-corrected chi connectivity index (χ3v) is 4.19. The Labute approximate surface area is 124 Å². The van der Waals surface area contributed by atoms with Gasteiger partial charge in [-0.1, -0.05) is 12.1 Å². The van der Waals surface area contributed by atoms with Gasteiger partial charge in [-0.2, -0.15) is 5.10 Å². The Bertz CT molecular complexity index is 551. The number of aromatic nitrogens is 2. The van der Waals surface area contributed by atoms with Crippen molar-refractivity contribution in [3.63, 3.8) is 0 Å². The number of thioether (sulfide) groups is 1. The molecule has 20 heavy (non-hydrogen) atoms. The van der Waals surface area contributed by atoms with Crippen molar-refractivity contribution in [3.8, 4) is 5.75 Å². The van der Waals surface area contributed by atoms with Crippen LogP contribution in [0.3, 0.4) is 0 Å². The largest absolute Gasteiger partial charge is 0.494 e. The van der Waals surface area contributed by atoms with Crippen molar-refractivity contribution in [1.82, 2.24) is 9.78 Å².